The Hall–Kier alpha value is -3.02. The maximum atomic E-state index is 12.5. The third-order valence-electron chi connectivity index (χ3n) is 5.54. The molecule has 0 bridgehead atoms. The maximum absolute atomic E-state index is 12.5. The van der Waals surface area contributed by atoms with Crippen LogP contribution in [0.3, 0.4) is 0 Å². The number of sulfonamides is 1. The Bertz CT molecular complexity index is 1100. The molecule has 1 heterocycles. The standard InChI is InChI=1S/C22H28N4O6S/c1-16-5-8-19(9-6-16)33(30,31)23-13-17-4-3-11-25(14-17)15-22(27)24-20-10-7-18(32-2)12-21(20)26(28)29/h5-10,12,17,23H,3-4,11,13-15H2,1-2H3,(H,24,27). The smallest absolute Gasteiger partial charge is 0.296 e. The van der Waals surface area contributed by atoms with Crippen LogP contribution in [0.5, 0.6) is 5.75 Å². The van der Waals surface area contributed by atoms with E-state index >= 15 is 0 Å². The number of hydrogen-bond acceptors (Lipinski definition) is 7. The zero-order valence-electron chi connectivity index (χ0n) is 18.6. The van der Waals surface area contributed by atoms with Gasteiger partial charge in [0.1, 0.15) is 11.4 Å². The van der Waals surface area contributed by atoms with Crippen molar-refractivity contribution in [2.75, 3.05) is 38.6 Å². The second kappa shape index (κ2) is 10.7. The third-order valence-corrected chi connectivity index (χ3v) is 6.98. The molecule has 1 amide bonds. The molecule has 1 aliphatic rings. The van der Waals surface area contributed by atoms with E-state index in [0.29, 0.717) is 18.8 Å². The summed E-state index contributed by atoms with van der Waals surface area (Å²) in [5.74, 6) is 0.0120. The average molecular weight is 477 g/mol. The molecular formula is C22H28N4O6S. The minimum atomic E-state index is -3.60. The summed E-state index contributed by atoms with van der Waals surface area (Å²) in [6.07, 6.45) is 1.67. The molecular weight excluding hydrogens is 448 g/mol. The van der Waals surface area contributed by atoms with Crippen LogP contribution in [0.4, 0.5) is 11.4 Å². The number of ether oxygens (including phenoxy) is 1. The molecule has 2 aromatic rings. The number of methoxy groups -OCH3 is 1. The highest BCUT2D eigenvalue weighted by atomic mass is 32.2. The van der Waals surface area contributed by atoms with Gasteiger partial charge in [-0.15, -0.1) is 0 Å². The first-order valence-corrected chi connectivity index (χ1v) is 12.1. The Balaban J connectivity index is 1.55. The van der Waals surface area contributed by atoms with Crippen molar-refractivity contribution in [3.8, 4) is 5.75 Å². The van der Waals surface area contributed by atoms with Crippen LogP contribution in [0.1, 0.15) is 18.4 Å². The molecule has 0 aromatic heterocycles. The molecule has 0 saturated carbocycles. The van der Waals surface area contributed by atoms with E-state index in [0.717, 1.165) is 18.4 Å². The lowest BCUT2D eigenvalue weighted by atomic mass is 9.98. The zero-order chi connectivity index (χ0) is 24.0. The number of amides is 1. The van der Waals surface area contributed by atoms with E-state index in [1.165, 1.54) is 19.2 Å². The van der Waals surface area contributed by atoms with Crippen molar-refractivity contribution in [2.24, 2.45) is 5.92 Å². The Morgan fingerprint density at radius 1 is 1.24 bits per heavy atom. The first-order chi connectivity index (χ1) is 15.7. The zero-order valence-corrected chi connectivity index (χ0v) is 19.4. The first-order valence-electron chi connectivity index (χ1n) is 10.6. The molecule has 1 unspecified atom stereocenters. The lowest BCUT2D eigenvalue weighted by molar-refractivity contribution is -0.384. The fourth-order valence-corrected chi connectivity index (χ4v) is 4.89. The van der Waals surface area contributed by atoms with Crippen LogP contribution >= 0.6 is 0 Å². The minimum Gasteiger partial charge on any atom is -0.496 e. The summed E-state index contributed by atoms with van der Waals surface area (Å²) in [6, 6.07) is 10.9. The third kappa shape index (κ3) is 6.73. The summed E-state index contributed by atoms with van der Waals surface area (Å²) in [6.45, 7) is 3.47. The lowest BCUT2D eigenvalue weighted by Crippen LogP contribution is -2.43. The molecule has 0 radical (unpaired) electrons. The summed E-state index contributed by atoms with van der Waals surface area (Å²) >= 11 is 0. The molecule has 1 fully saturated rings. The van der Waals surface area contributed by atoms with Crippen LogP contribution in [-0.2, 0) is 14.8 Å². The predicted octanol–water partition coefficient (Wildman–Crippen LogP) is 2.54. The van der Waals surface area contributed by atoms with E-state index in [2.05, 4.69) is 10.0 Å². The van der Waals surface area contributed by atoms with E-state index in [1.54, 1.807) is 30.3 Å². The summed E-state index contributed by atoms with van der Waals surface area (Å²) in [5, 5.41) is 13.9. The molecule has 3 rings (SSSR count). The van der Waals surface area contributed by atoms with Gasteiger partial charge < -0.3 is 10.1 Å². The SMILES string of the molecule is COc1ccc(NC(=O)CN2CCCC(CNS(=O)(=O)c3ccc(C)cc3)C2)c([N+](=O)[O-])c1. The molecule has 11 heteroatoms. The number of nitrogens with zero attached hydrogens (tertiary/aromatic N) is 2. The summed E-state index contributed by atoms with van der Waals surface area (Å²) < 4.78 is 32.7. The molecule has 0 aliphatic carbocycles. The monoisotopic (exact) mass is 476 g/mol. The topological polar surface area (TPSA) is 131 Å². The Kier molecular flexibility index (Phi) is 8.01. The van der Waals surface area contributed by atoms with Gasteiger partial charge in [-0.25, -0.2) is 13.1 Å². The van der Waals surface area contributed by atoms with Crippen LogP contribution < -0.4 is 14.8 Å². The number of hydrogen-bond donors (Lipinski definition) is 2. The largest absolute Gasteiger partial charge is 0.496 e. The first kappa shape index (κ1) is 24.6. The number of nitro groups is 1. The molecule has 2 aromatic carbocycles. The van der Waals surface area contributed by atoms with Crippen molar-refractivity contribution < 1.29 is 22.9 Å². The van der Waals surface area contributed by atoms with Gasteiger partial charge in [-0.1, -0.05) is 17.7 Å². The van der Waals surface area contributed by atoms with E-state index in [9.17, 15) is 23.3 Å². The number of rotatable bonds is 9. The van der Waals surface area contributed by atoms with Crippen LogP contribution in [0.15, 0.2) is 47.4 Å². The van der Waals surface area contributed by atoms with Crippen molar-refractivity contribution in [3.05, 3.63) is 58.1 Å². The number of carbonyl (C=O) groups excluding carboxylic acids is 1. The van der Waals surface area contributed by atoms with E-state index < -0.39 is 14.9 Å². The van der Waals surface area contributed by atoms with Crippen LogP contribution in [-0.4, -0.2) is 57.4 Å². The second-order valence-corrected chi connectivity index (χ2v) is 9.86. The van der Waals surface area contributed by atoms with E-state index in [-0.39, 0.29) is 41.2 Å². The molecule has 33 heavy (non-hydrogen) atoms. The number of likely N-dealkylation sites (tertiary alicyclic amines) is 1. The Morgan fingerprint density at radius 2 is 1.97 bits per heavy atom. The van der Waals surface area contributed by atoms with Crippen molar-refractivity contribution in [1.29, 1.82) is 0 Å². The molecule has 1 saturated heterocycles. The van der Waals surface area contributed by atoms with Gasteiger partial charge in [0.05, 0.1) is 29.5 Å². The highest BCUT2D eigenvalue weighted by Gasteiger charge is 2.25. The fourth-order valence-electron chi connectivity index (χ4n) is 3.78. The maximum Gasteiger partial charge on any atom is 0.296 e. The van der Waals surface area contributed by atoms with Gasteiger partial charge in [-0.05, 0) is 56.5 Å². The van der Waals surface area contributed by atoms with Crippen molar-refractivity contribution in [3.63, 3.8) is 0 Å². The number of benzene rings is 2. The van der Waals surface area contributed by atoms with Crippen molar-refractivity contribution in [2.45, 2.75) is 24.7 Å². The number of nitro benzene ring substituents is 1. The lowest BCUT2D eigenvalue weighted by Gasteiger charge is -2.32. The highest BCUT2D eigenvalue weighted by molar-refractivity contribution is 7.89. The Labute approximate surface area is 193 Å². The fraction of sp³-hybridized carbons (Fsp3) is 0.409. The average Bonchev–Trinajstić information content (AvgIpc) is 2.78. The van der Waals surface area contributed by atoms with Crippen LogP contribution in [0.2, 0.25) is 0 Å². The quantitative estimate of drug-likeness (QED) is 0.420. The van der Waals surface area contributed by atoms with Gasteiger partial charge in [0, 0.05) is 13.1 Å². The summed E-state index contributed by atoms with van der Waals surface area (Å²) in [5.41, 5.74) is 0.838. The number of nitrogens with one attached hydrogen (secondary N) is 2. The van der Waals surface area contributed by atoms with Gasteiger partial charge in [0.2, 0.25) is 15.9 Å². The van der Waals surface area contributed by atoms with Gasteiger partial charge >= 0.3 is 0 Å². The molecule has 178 valence electrons. The van der Waals surface area contributed by atoms with Crippen LogP contribution in [0.25, 0.3) is 0 Å². The van der Waals surface area contributed by atoms with Gasteiger partial charge in [0.25, 0.3) is 5.69 Å². The number of carbonyl (C=O) groups is 1. The summed E-state index contributed by atoms with van der Waals surface area (Å²) in [4.78, 5) is 25.4. The highest BCUT2D eigenvalue weighted by Crippen LogP contribution is 2.29. The van der Waals surface area contributed by atoms with Crippen molar-refractivity contribution >= 4 is 27.3 Å². The molecule has 2 N–H and O–H groups in total. The second-order valence-electron chi connectivity index (χ2n) is 8.10. The van der Waals surface area contributed by atoms with E-state index in [1.807, 2.05) is 11.8 Å². The molecule has 1 atom stereocenters. The van der Waals surface area contributed by atoms with Gasteiger partial charge in [-0.3, -0.25) is 19.8 Å². The summed E-state index contributed by atoms with van der Waals surface area (Å²) in [7, 11) is -2.19. The predicted molar refractivity (Wildman–Crippen MR) is 124 cm³/mol. The number of anilines is 1. The number of piperidine rings is 1. The van der Waals surface area contributed by atoms with E-state index in [4.69, 9.17) is 4.74 Å². The number of aryl methyl sites for hydroxylation is 1. The van der Waals surface area contributed by atoms with Gasteiger partial charge in [0.15, 0.2) is 0 Å². The molecule has 1 aliphatic heterocycles. The van der Waals surface area contributed by atoms with Crippen LogP contribution in [0, 0.1) is 23.0 Å². The van der Waals surface area contributed by atoms with Gasteiger partial charge in [-0.2, -0.15) is 0 Å². The normalized spacial score (nSPS) is 16.8. The van der Waals surface area contributed by atoms with Crippen molar-refractivity contribution in [1.82, 2.24) is 9.62 Å². The minimum absolute atomic E-state index is 0.0575. The molecule has 10 nitrogen and oxygen atoms in total. The Morgan fingerprint density at radius 3 is 2.64 bits per heavy atom. The molecule has 0 spiro atoms.